The van der Waals surface area contributed by atoms with Crippen molar-refractivity contribution in [3.05, 3.63) is 25.8 Å². The van der Waals surface area contributed by atoms with Crippen molar-refractivity contribution in [3.8, 4) is 0 Å². The number of rotatable bonds is 0. The summed E-state index contributed by atoms with van der Waals surface area (Å²) in [6, 6.07) is -1.67. The van der Waals surface area contributed by atoms with Crippen molar-refractivity contribution in [1.82, 2.24) is 0 Å². The Morgan fingerprint density at radius 2 is 1.00 bits per heavy atom. The third-order valence-corrected chi connectivity index (χ3v) is 0. The fourth-order valence-corrected chi connectivity index (χ4v) is 0. The minimum Gasteiger partial charge on any atom is -0.352 e. The van der Waals surface area contributed by atoms with E-state index < -0.39 is 12.1 Å². The summed E-state index contributed by atoms with van der Waals surface area (Å²) < 4.78 is 0. The summed E-state index contributed by atoms with van der Waals surface area (Å²) in [6.07, 6.45) is 1.75. The van der Waals surface area contributed by atoms with Gasteiger partial charge in [0.25, 0.3) is 0 Å². The van der Waals surface area contributed by atoms with Crippen molar-refractivity contribution in [3.63, 3.8) is 0 Å². The van der Waals surface area contributed by atoms with Gasteiger partial charge in [-0.3, -0.25) is 0 Å². The van der Waals surface area contributed by atoms with E-state index >= 15 is 0 Å². The molecule has 0 saturated heterocycles. The molecule has 0 saturated carbocycles. The lowest BCUT2D eigenvalue weighted by Crippen LogP contribution is -2.18. The Morgan fingerprint density at radius 1 is 1.00 bits per heavy atom. The van der Waals surface area contributed by atoms with Gasteiger partial charge in [-0.25, -0.2) is 9.59 Å². The quantitative estimate of drug-likeness (QED) is 0.401. The number of urea groups is 2. The number of nitrogens with two attached hydrogens (primary N) is 4. The Labute approximate surface area is 78.2 Å². The summed E-state index contributed by atoms with van der Waals surface area (Å²) in [4.78, 5) is 18.0. The molecule has 0 aromatic heterocycles. The topological polar surface area (TPSA) is 138 Å². The lowest BCUT2D eigenvalue weighted by atomic mass is 10.8. The van der Waals surface area contributed by atoms with Crippen LogP contribution < -0.4 is 22.9 Å². The number of primary amides is 4. The van der Waals surface area contributed by atoms with Gasteiger partial charge in [0.15, 0.2) is 0 Å². The van der Waals surface area contributed by atoms with Crippen molar-refractivity contribution in [1.29, 1.82) is 0 Å². The van der Waals surface area contributed by atoms with Crippen LogP contribution in [0.5, 0.6) is 0 Å². The van der Waals surface area contributed by atoms with Crippen LogP contribution in [0.4, 0.5) is 9.59 Å². The standard InChI is InChI=1S/C3H6.C2H4.2CH4N2O/c1-3-2;1-2;2*2-1(3)4/h3H,1H2,2H3;1-2H2;2*(H4,2,3,4). The number of carbonyl (C=O) groups is 2. The molecule has 8 N–H and O–H groups in total. The highest BCUT2D eigenvalue weighted by atomic mass is 16.2. The van der Waals surface area contributed by atoms with E-state index in [0.29, 0.717) is 0 Å². The van der Waals surface area contributed by atoms with Gasteiger partial charge in [0.1, 0.15) is 0 Å². The first-order valence-corrected chi connectivity index (χ1v) is 3.05. The van der Waals surface area contributed by atoms with Crippen LogP contribution in [0.15, 0.2) is 25.8 Å². The van der Waals surface area contributed by atoms with E-state index in [0.717, 1.165) is 0 Å². The van der Waals surface area contributed by atoms with Gasteiger partial charge in [-0.05, 0) is 6.92 Å². The maximum Gasteiger partial charge on any atom is 0.309 e. The maximum absolute atomic E-state index is 9.00. The second kappa shape index (κ2) is 32.3. The number of amides is 4. The predicted molar refractivity (Wildman–Crippen MR) is 54.7 cm³/mol. The van der Waals surface area contributed by atoms with E-state index in [-0.39, 0.29) is 0 Å². The van der Waals surface area contributed by atoms with Gasteiger partial charge in [-0.15, -0.1) is 19.7 Å². The lowest BCUT2D eigenvalue weighted by Gasteiger charge is -1.62. The zero-order chi connectivity index (χ0) is 11.9. The van der Waals surface area contributed by atoms with Gasteiger partial charge < -0.3 is 22.9 Å². The molecule has 0 fully saturated rings. The molecule has 0 aliphatic rings. The molecule has 4 amide bonds. The molecule has 0 aliphatic heterocycles. The van der Waals surface area contributed by atoms with Crippen molar-refractivity contribution in [2.24, 2.45) is 22.9 Å². The highest BCUT2D eigenvalue weighted by molar-refractivity contribution is 5.69. The van der Waals surface area contributed by atoms with E-state index in [1.165, 1.54) is 0 Å². The molecule has 0 bridgehead atoms. The highest BCUT2D eigenvalue weighted by Gasteiger charge is 1.61. The molecule has 6 heteroatoms. The van der Waals surface area contributed by atoms with Crippen LogP contribution in [0.2, 0.25) is 0 Å². The first kappa shape index (κ1) is 22.5. The molecule has 0 atom stereocenters. The van der Waals surface area contributed by atoms with Crippen molar-refractivity contribution < 1.29 is 9.59 Å². The van der Waals surface area contributed by atoms with Crippen LogP contribution in [-0.2, 0) is 0 Å². The smallest absolute Gasteiger partial charge is 0.309 e. The summed E-state index contributed by atoms with van der Waals surface area (Å²) in [5, 5.41) is 0. The number of carbonyl (C=O) groups excluding carboxylic acids is 2. The number of hydrogen-bond donors (Lipinski definition) is 4. The van der Waals surface area contributed by atoms with Crippen molar-refractivity contribution >= 4 is 12.1 Å². The fourth-order valence-electron chi connectivity index (χ4n) is 0. The Hall–Kier alpha value is -1.98. The monoisotopic (exact) mass is 190 g/mol. The Kier molecular flexibility index (Phi) is 55.9. The van der Waals surface area contributed by atoms with E-state index in [1.54, 1.807) is 6.08 Å². The van der Waals surface area contributed by atoms with Crippen LogP contribution in [0, 0.1) is 0 Å². The SMILES string of the molecule is C=C.C=CC.NC(N)=O.NC(N)=O. The Bertz CT molecular complexity index is 116. The summed E-state index contributed by atoms with van der Waals surface area (Å²) in [7, 11) is 0. The minimum absolute atomic E-state index is 0.833. The van der Waals surface area contributed by atoms with Crippen molar-refractivity contribution in [2.75, 3.05) is 0 Å². The molecule has 0 rings (SSSR count). The van der Waals surface area contributed by atoms with Crippen LogP contribution >= 0.6 is 0 Å². The van der Waals surface area contributed by atoms with Crippen LogP contribution in [0.1, 0.15) is 6.92 Å². The fraction of sp³-hybridized carbons (Fsp3) is 0.143. The van der Waals surface area contributed by atoms with Crippen LogP contribution in [0.3, 0.4) is 0 Å². The molecule has 0 radical (unpaired) electrons. The van der Waals surface area contributed by atoms with E-state index in [1.807, 2.05) is 6.92 Å². The van der Waals surface area contributed by atoms with E-state index in [2.05, 4.69) is 42.7 Å². The average molecular weight is 190 g/mol. The second-order valence-corrected chi connectivity index (χ2v) is 1.21. The summed E-state index contributed by atoms with van der Waals surface area (Å²) in [5.41, 5.74) is 17.0. The van der Waals surface area contributed by atoms with E-state index in [4.69, 9.17) is 9.59 Å². The minimum atomic E-state index is -0.833. The van der Waals surface area contributed by atoms with Gasteiger partial charge in [0, 0.05) is 0 Å². The van der Waals surface area contributed by atoms with Gasteiger partial charge >= 0.3 is 12.1 Å². The molecule has 78 valence electrons. The molecule has 13 heavy (non-hydrogen) atoms. The first-order chi connectivity index (χ1) is 5.88. The molecule has 0 aliphatic carbocycles. The zero-order valence-electron chi connectivity index (χ0n) is 7.82. The lowest BCUT2D eigenvalue weighted by molar-refractivity contribution is 0.255. The zero-order valence-corrected chi connectivity index (χ0v) is 7.82. The molecule has 0 spiro atoms. The molecule has 6 nitrogen and oxygen atoms in total. The average Bonchev–Trinajstić information content (AvgIpc) is 1.89. The van der Waals surface area contributed by atoms with Crippen LogP contribution in [0.25, 0.3) is 0 Å². The molecule has 0 aromatic rings. The van der Waals surface area contributed by atoms with Gasteiger partial charge in [-0.2, -0.15) is 0 Å². The van der Waals surface area contributed by atoms with Gasteiger partial charge in [0.2, 0.25) is 0 Å². The Morgan fingerprint density at radius 3 is 1.00 bits per heavy atom. The third-order valence-electron chi connectivity index (χ3n) is 0. The van der Waals surface area contributed by atoms with Gasteiger partial charge in [-0.1, -0.05) is 6.08 Å². The van der Waals surface area contributed by atoms with Crippen LogP contribution in [-0.4, -0.2) is 12.1 Å². The molecular weight excluding hydrogens is 172 g/mol. The molecule has 0 unspecified atom stereocenters. The van der Waals surface area contributed by atoms with Gasteiger partial charge in [0.05, 0.1) is 0 Å². The maximum atomic E-state index is 9.00. The number of allylic oxidation sites excluding steroid dienone is 1. The summed E-state index contributed by atoms with van der Waals surface area (Å²) >= 11 is 0. The van der Waals surface area contributed by atoms with Crippen molar-refractivity contribution in [2.45, 2.75) is 6.92 Å². The third kappa shape index (κ3) is 164. The molecular formula is C7H18N4O2. The van der Waals surface area contributed by atoms with E-state index in [9.17, 15) is 0 Å². The summed E-state index contributed by atoms with van der Waals surface area (Å²) in [6.45, 7) is 11.2. The Balaban J connectivity index is -0.0000000431. The number of hydrogen-bond acceptors (Lipinski definition) is 2. The summed E-state index contributed by atoms with van der Waals surface area (Å²) in [5.74, 6) is 0. The normalized spacial score (nSPS) is 5.00. The predicted octanol–water partition coefficient (Wildman–Crippen LogP) is 0.0421. The second-order valence-electron chi connectivity index (χ2n) is 1.21. The largest absolute Gasteiger partial charge is 0.352 e. The molecule has 0 heterocycles. The molecule has 0 aromatic carbocycles. The highest BCUT2D eigenvalue weighted by Crippen LogP contribution is 1.38. The first-order valence-electron chi connectivity index (χ1n) is 3.05.